The molecule has 0 radical (unpaired) electrons. The summed E-state index contributed by atoms with van der Waals surface area (Å²) in [5, 5.41) is 8.91. The monoisotopic (exact) mass is 255 g/mol. The number of nitrogens with two attached hydrogens (primary N) is 1. The van der Waals surface area contributed by atoms with Gasteiger partial charge in [0.15, 0.2) is 5.16 Å². The maximum absolute atomic E-state index is 11.8. The molecule has 1 fully saturated rings. The number of nitrogens with zero attached hydrogens (tertiary/aromatic N) is 4. The van der Waals surface area contributed by atoms with E-state index < -0.39 is 0 Å². The number of amides is 1. The van der Waals surface area contributed by atoms with E-state index in [0.717, 1.165) is 30.5 Å². The first-order chi connectivity index (χ1) is 8.17. The first-order valence-corrected chi connectivity index (χ1v) is 6.59. The van der Waals surface area contributed by atoms with Gasteiger partial charge in [0.25, 0.3) is 0 Å². The molecule has 0 aliphatic carbocycles. The van der Waals surface area contributed by atoms with Crippen LogP contribution in [0, 0.1) is 0 Å². The molecular formula is C10H17N5OS. The van der Waals surface area contributed by atoms with E-state index in [1.54, 1.807) is 4.90 Å². The number of aromatic nitrogens is 3. The van der Waals surface area contributed by atoms with Crippen molar-refractivity contribution in [2.75, 3.05) is 13.6 Å². The van der Waals surface area contributed by atoms with Gasteiger partial charge in [0.05, 0.1) is 11.8 Å². The number of thioether (sulfide) groups is 1. The summed E-state index contributed by atoms with van der Waals surface area (Å²) in [7, 11) is 1.83. The van der Waals surface area contributed by atoms with Crippen molar-refractivity contribution in [3.63, 3.8) is 0 Å². The Hall–Kier alpha value is -1.08. The molecule has 0 spiro atoms. The fourth-order valence-electron chi connectivity index (χ4n) is 1.90. The Kier molecular flexibility index (Phi) is 3.68. The fourth-order valence-corrected chi connectivity index (χ4v) is 3.11. The molecule has 0 saturated carbocycles. The van der Waals surface area contributed by atoms with E-state index in [0.29, 0.717) is 6.54 Å². The summed E-state index contributed by atoms with van der Waals surface area (Å²) in [6, 6.07) is 0. The molecule has 2 rings (SSSR count). The van der Waals surface area contributed by atoms with Gasteiger partial charge >= 0.3 is 0 Å². The minimum absolute atomic E-state index is 0.0277. The Labute approximate surface area is 105 Å². The molecule has 1 aliphatic rings. The second-order valence-corrected chi connectivity index (χ2v) is 5.17. The zero-order valence-corrected chi connectivity index (χ0v) is 10.9. The van der Waals surface area contributed by atoms with Crippen LogP contribution in [0.2, 0.25) is 0 Å². The van der Waals surface area contributed by atoms with E-state index >= 15 is 0 Å². The lowest BCUT2D eigenvalue weighted by Crippen LogP contribution is -2.24. The molecule has 1 unspecified atom stereocenters. The van der Waals surface area contributed by atoms with Crippen molar-refractivity contribution < 1.29 is 4.79 Å². The summed E-state index contributed by atoms with van der Waals surface area (Å²) in [5.41, 5.74) is 5.59. The van der Waals surface area contributed by atoms with Gasteiger partial charge in [0.2, 0.25) is 5.91 Å². The lowest BCUT2D eigenvalue weighted by Gasteiger charge is -2.10. The maximum Gasteiger partial charge on any atom is 0.235 e. The van der Waals surface area contributed by atoms with Gasteiger partial charge in [-0.05, 0) is 13.3 Å². The summed E-state index contributed by atoms with van der Waals surface area (Å²) in [5.74, 6) is 0.948. The summed E-state index contributed by atoms with van der Waals surface area (Å²) in [4.78, 5) is 13.6. The first kappa shape index (κ1) is 12.4. The Morgan fingerprint density at radius 1 is 1.53 bits per heavy atom. The van der Waals surface area contributed by atoms with E-state index in [9.17, 15) is 4.79 Å². The molecule has 6 nitrogen and oxygen atoms in total. The van der Waals surface area contributed by atoms with E-state index in [4.69, 9.17) is 5.73 Å². The molecule has 7 heteroatoms. The van der Waals surface area contributed by atoms with Gasteiger partial charge in [-0.2, -0.15) is 0 Å². The maximum atomic E-state index is 11.8. The molecule has 1 aromatic heterocycles. The molecule has 1 saturated heterocycles. The summed E-state index contributed by atoms with van der Waals surface area (Å²) in [6.07, 6.45) is 0.870. The molecule has 2 heterocycles. The number of rotatable bonds is 4. The molecule has 1 atom stereocenters. The highest BCUT2D eigenvalue weighted by atomic mass is 32.2. The topological polar surface area (TPSA) is 77.0 Å². The highest BCUT2D eigenvalue weighted by Crippen LogP contribution is 2.29. The van der Waals surface area contributed by atoms with E-state index in [1.165, 1.54) is 11.8 Å². The van der Waals surface area contributed by atoms with Crippen molar-refractivity contribution in [2.24, 2.45) is 5.73 Å². The SMILES string of the molecule is CCn1c(CN)nnc1SC1CCN(C)C1=O. The van der Waals surface area contributed by atoms with Crippen molar-refractivity contribution in [1.29, 1.82) is 0 Å². The smallest absolute Gasteiger partial charge is 0.235 e. The molecule has 1 aliphatic heterocycles. The molecular weight excluding hydrogens is 238 g/mol. The third-order valence-electron chi connectivity index (χ3n) is 2.92. The minimum atomic E-state index is -0.0277. The van der Waals surface area contributed by atoms with Crippen LogP contribution in [0.25, 0.3) is 0 Å². The summed E-state index contributed by atoms with van der Waals surface area (Å²) < 4.78 is 1.97. The normalized spacial score (nSPS) is 20.3. The van der Waals surface area contributed by atoms with Crippen LogP contribution in [0.15, 0.2) is 5.16 Å². The van der Waals surface area contributed by atoms with Crippen LogP contribution in [0.4, 0.5) is 0 Å². The molecule has 0 aromatic carbocycles. The molecule has 0 bridgehead atoms. The van der Waals surface area contributed by atoms with Crippen LogP contribution in [0.3, 0.4) is 0 Å². The third-order valence-corrected chi connectivity index (χ3v) is 4.15. The van der Waals surface area contributed by atoms with Gasteiger partial charge in [-0.15, -0.1) is 10.2 Å². The Bertz CT molecular complexity index is 419. The fraction of sp³-hybridized carbons (Fsp3) is 0.700. The van der Waals surface area contributed by atoms with Crippen LogP contribution in [0.5, 0.6) is 0 Å². The summed E-state index contributed by atoms with van der Waals surface area (Å²) >= 11 is 1.49. The predicted octanol–water partition coefficient (Wildman–Crippen LogP) is 0.0795. The molecule has 1 amide bonds. The second-order valence-electron chi connectivity index (χ2n) is 4.00. The Balaban J connectivity index is 2.13. The number of hydrogen-bond donors (Lipinski definition) is 1. The number of likely N-dealkylation sites (tertiary alicyclic amines) is 1. The first-order valence-electron chi connectivity index (χ1n) is 5.71. The summed E-state index contributed by atoms with van der Waals surface area (Å²) in [6.45, 7) is 3.99. The van der Waals surface area contributed by atoms with Crippen LogP contribution in [-0.2, 0) is 17.9 Å². The number of carbonyl (C=O) groups is 1. The largest absolute Gasteiger partial charge is 0.345 e. The van der Waals surface area contributed by atoms with Crippen LogP contribution in [-0.4, -0.2) is 44.4 Å². The van der Waals surface area contributed by atoms with Gasteiger partial charge in [0.1, 0.15) is 5.82 Å². The van der Waals surface area contributed by atoms with Crippen molar-refractivity contribution in [3.8, 4) is 0 Å². The zero-order valence-electron chi connectivity index (χ0n) is 10.1. The van der Waals surface area contributed by atoms with E-state index in [-0.39, 0.29) is 11.2 Å². The Morgan fingerprint density at radius 3 is 2.82 bits per heavy atom. The average molecular weight is 255 g/mol. The van der Waals surface area contributed by atoms with Crippen molar-refractivity contribution in [2.45, 2.75) is 36.8 Å². The molecule has 2 N–H and O–H groups in total. The average Bonchev–Trinajstić information content (AvgIpc) is 2.87. The van der Waals surface area contributed by atoms with Crippen molar-refractivity contribution >= 4 is 17.7 Å². The van der Waals surface area contributed by atoms with E-state index in [2.05, 4.69) is 10.2 Å². The van der Waals surface area contributed by atoms with Gasteiger partial charge in [0, 0.05) is 20.1 Å². The molecule has 17 heavy (non-hydrogen) atoms. The van der Waals surface area contributed by atoms with Crippen LogP contribution >= 0.6 is 11.8 Å². The van der Waals surface area contributed by atoms with Gasteiger partial charge in [-0.3, -0.25) is 4.79 Å². The lowest BCUT2D eigenvalue weighted by atomic mass is 10.4. The minimum Gasteiger partial charge on any atom is -0.345 e. The van der Waals surface area contributed by atoms with Crippen LogP contribution in [0.1, 0.15) is 19.2 Å². The number of hydrogen-bond acceptors (Lipinski definition) is 5. The predicted molar refractivity (Wildman–Crippen MR) is 65.5 cm³/mol. The quantitative estimate of drug-likeness (QED) is 0.824. The highest BCUT2D eigenvalue weighted by molar-refractivity contribution is 8.00. The van der Waals surface area contributed by atoms with Gasteiger partial charge in [-0.1, -0.05) is 11.8 Å². The number of carbonyl (C=O) groups excluding carboxylic acids is 1. The van der Waals surface area contributed by atoms with Gasteiger partial charge in [-0.25, -0.2) is 0 Å². The lowest BCUT2D eigenvalue weighted by molar-refractivity contribution is -0.126. The highest BCUT2D eigenvalue weighted by Gasteiger charge is 2.31. The van der Waals surface area contributed by atoms with E-state index in [1.807, 2.05) is 18.5 Å². The second kappa shape index (κ2) is 5.05. The van der Waals surface area contributed by atoms with Crippen molar-refractivity contribution in [1.82, 2.24) is 19.7 Å². The van der Waals surface area contributed by atoms with Crippen molar-refractivity contribution in [3.05, 3.63) is 5.82 Å². The Morgan fingerprint density at radius 2 is 2.29 bits per heavy atom. The standard InChI is InChI=1S/C10H17N5OS/c1-3-15-8(6-11)12-13-10(15)17-7-4-5-14(2)9(7)16/h7H,3-6,11H2,1-2H3. The van der Waals surface area contributed by atoms with Crippen LogP contribution < -0.4 is 5.73 Å². The van der Waals surface area contributed by atoms with Gasteiger partial charge < -0.3 is 15.2 Å². The molecule has 1 aromatic rings. The third kappa shape index (κ3) is 2.30. The molecule has 94 valence electrons. The zero-order chi connectivity index (χ0) is 12.4.